The van der Waals surface area contributed by atoms with E-state index in [0.717, 1.165) is 0 Å². The molecule has 3 aromatic heterocycles. The van der Waals surface area contributed by atoms with E-state index in [9.17, 15) is 14.0 Å². The molecule has 6 rings (SSSR count). The van der Waals surface area contributed by atoms with Gasteiger partial charge in [0, 0.05) is 10.9 Å². The highest BCUT2D eigenvalue weighted by Gasteiger charge is 2.17. The summed E-state index contributed by atoms with van der Waals surface area (Å²) < 4.78 is 15.0. The lowest BCUT2D eigenvalue weighted by atomic mass is 10.0. The first-order chi connectivity index (χ1) is 17.6. The normalized spacial score (nSPS) is 11.1. The van der Waals surface area contributed by atoms with Crippen molar-refractivity contribution >= 4 is 33.5 Å². The van der Waals surface area contributed by atoms with Crippen LogP contribution in [-0.2, 0) is 0 Å². The van der Waals surface area contributed by atoms with Gasteiger partial charge in [-0.2, -0.15) is 5.10 Å². The van der Waals surface area contributed by atoms with Crippen LogP contribution in [0.5, 0.6) is 0 Å². The smallest absolute Gasteiger partial charge is 0.261 e. The van der Waals surface area contributed by atoms with Crippen LogP contribution in [0.15, 0.2) is 96.2 Å². The summed E-state index contributed by atoms with van der Waals surface area (Å²) in [7, 11) is 0. The van der Waals surface area contributed by atoms with E-state index in [1.165, 1.54) is 29.3 Å². The number of aromatic amines is 1. The number of nitrogens with zero attached hydrogens (tertiary/aromatic N) is 4. The second-order valence-corrected chi connectivity index (χ2v) is 8.08. The third-order valence-electron chi connectivity index (χ3n) is 5.85. The van der Waals surface area contributed by atoms with Crippen molar-refractivity contribution in [3.05, 3.63) is 113 Å². The van der Waals surface area contributed by atoms with Gasteiger partial charge < -0.3 is 10.3 Å². The predicted molar refractivity (Wildman–Crippen MR) is 135 cm³/mol. The number of hydrogen-bond donors (Lipinski definition) is 2. The molecule has 1 amide bonds. The number of amides is 1. The average Bonchev–Trinajstić information content (AvgIpc) is 3.34. The maximum Gasteiger partial charge on any atom is 0.261 e. The minimum atomic E-state index is -0.355. The minimum absolute atomic E-state index is 0.302. The van der Waals surface area contributed by atoms with Crippen LogP contribution in [-0.4, -0.2) is 30.6 Å². The van der Waals surface area contributed by atoms with E-state index in [-0.39, 0.29) is 17.3 Å². The molecule has 6 aromatic rings. The van der Waals surface area contributed by atoms with Gasteiger partial charge in [-0.1, -0.05) is 30.3 Å². The molecule has 2 N–H and O–H groups in total. The number of carbonyl (C=O) groups excluding carboxylic acids is 1. The van der Waals surface area contributed by atoms with Crippen LogP contribution in [0.2, 0.25) is 0 Å². The van der Waals surface area contributed by atoms with Crippen molar-refractivity contribution in [3.63, 3.8) is 0 Å². The Kier molecular flexibility index (Phi) is 5.07. The molecule has 3 aromatic carbocycles. The highest BCUT2D eigenvalue weighted by molar-refractivity contribution is 6.13. The fourth-order valence-corrected chi connectivity index (χ4v) is 4.12. The molecular weight excluding hydrogens is 459 g/mol. The maximum absolute atomic E-state index is 13.6. The fourth-order valence-electron chi connectivity index (χ4n) is 4.12. The summed E-state index contributed by atoms with van der Waals surface area (Å²) in [5.74, 6) is -0.705. The minimum Gasteiger partial charge on any atom is -0.320 e. The Bertz CT molecular complexity index is 1820. The highest BCUT2D eigenvalue weighted by Crippen LogP contribution is 2.27. The third-order valence-corrected chi connectivity index (χ3v) is 5.85. The van der Waals surface area contributed by atoms with Gasteiger partial charge in [0.2, 0.25) is 0 Å². The summed E-state index contributed by atoms with van der Waals surface area (Å²) in [4.78, 5) is 37.2. The third kappa shape index (κ3) is 3.68. The van der Waals surface area contributed by atoms with E-state index in [1.54, 1.807) is 42.5 Å². The summed E-state index contributed by atoms with van der Waals surface area (Å²) in [5.41, 5.74) is 3.39. The molecule has 0 saturated carbocycles. The van der Waals surface area contributed by atoms with Crippen LogP contribution in [0.4, 0.5) is 10.1 Å². The quantitative estimate of drug-likeness (QED) is 0.383. The number of benzene rings is 3. The summed E-state index contributed by atoms with van der Waals surface area (Å²) in [6.07, 6.45) is 2.75. The van der Waals surface area contributed by atoms with E-state index in [0.29, 0.717) is 50.1 Å². The number of anilines is 1. The zero-order valence-electron chi connectivity index (χ0n) is 18.6. The molecule has 0 aliphatic carbocycles. The molecule has 36 heavy (non-hydrogen) atoms. The summed E-state index contributed by atoms with van der Waals surface area (Å²) in [5, 5.41) is 8.31. The Morgan fingerprint density at radius 1 is 0.944 bits per heavy atom. The number of rotatable bonds is 4. The molecule has 8 nitrogen and oxygen atoms in total. The number of para-hydroxylation sites is 3. The second kappa shape index (κ2) is 8.55. The lowest BCUT2D eigenvalue weighted by Gasteiger charge is -2.14. The summed E-state index contributed by atoms with van der Waals surface area (Å²) in [6, 6.07) is 22.1. The monoisotopic (exact) mass is 476 g/mol. The largest absolute Gasteiger partial charge is 0.320 e. The number of carbonyl (C=O) groups is 1. The Morgan fingerprint density at radius 3 is 2.58 bits per heavy atom. The molecule has 9 heteroatoms. The predicted octanol–water partition coefficient (Wildman–Crippen LogP) is 4.72. The molecule has 0 fully saturated rings. The Hall–Kier alpha value is -5.18. The zero-order valence-corrected chi connectivity index (χ0v) is 18.6. The van der Waals surface area contributed by atoms with Crippen LogP contribution < -0.4 is 10.9 Å². The number of pyridine rings is 1. The first kappa shape index (κ1) is 21.4. The van der Waals surface area contributed by atoms with Gasteiger partial charge in [-0.25, -0.2) is 19.0 Å². The lowest BCUT2D eigenvalue weighted by molar-refractivity contribution is 0.102. The zero-order chi connectivity index (χ0) is 24.6. The van der Waals surface area contributed by atoms with Gasteiger partial charge in [0.15, 0.2) is 5.65 Å². The number of nitrogens with one attached hydrogen (secondary N) is 2. The van der Waals surface area contributed by atoms with Crippen molar-refractivity contribution in [1.29, 1.82) is 0 Å². The van der Waals surface area contributed by atoms with Gasteiger partial charge in [-0.15, -0.1) is 0 Å². The number of fused-ring (bicyclic) bond motifs is 2. The van der Waals surface area contributed by atoms with E-state index >= 15 is 0 Å². The first-order valence-corrected chi connectivity index (χ1v) is 11.1. The van der Waals surface area contributed by atoms with Crippen molar-refractivity contribution in [2.24, 2.45) is 0 Å². The molecule has 0 spiro atoms. The van der Waals surface area contributed by atoms with E-state index in [2.05, 4.69) is 25.4 Å². The van der Waals surface area contributed by atoms with E-state index < -0.39 is 0 Å². The van der Waals surface area contributed by atoms with Gasteiger partial charge in [0.1, 0.15) is 11.2 Å². The molecule has 0 saturated heterocycles. The Balaban J connectivity index is 1.44. The van der Waals surface area contributed by atoms with Crippen molar-refractivity contribution < 1.29 is 9.18 Å². The van der Waals surface area contributed by atoms with Gasteiger partial charge in [0.05, 0.1) is 40.7 Å². The molecule has 0 radical (unpaired) electrons. The van der Waals surface area contributed by atoms with Gasteiger partial charge in [0.25, 0.3) is 11.5 Å². The lowest BCUT2D eigenvalue weighted by Crippen LogP contribution is -2.15. The number of aromatic nitrogens is 5. The van der Waals surface area contributed by atoms with Crippen LogP contribution in [0.25, 0.3) is 38.9 Å². The van der Waals surface area contributed by atoms with Crippen molar-refractivity contribution in [1.82, 2.24) is 24.7 Å². The maximum atomic E-state index is 13.6. The first-order valence-electron chi connectivity index (χ1n) is 11.1. The van der Waals surface area contributed by atoms with Crippen molar-refractivity contribution in [3.8, 4) is 16.9 Å². The number of halogens is 1. The number of hydrogen-bond acceptors (Lipinski definition) is 5. The van der Waals surface area contributed by atoms with Gasteiger partial charge >= 0.3 is 0 Å². The topological polar surface area (TPSA) is 106 Å². The molecule has 0 atom stereocenters. The molecule has 0 unspecified atom stereocenters. The fraction of sp³-hybridized carbons (Fsp3) is 0. The second-order valence-electron chi connectivity index (χ2n) is 8.08. The molecule has 0 aliphatic rings. The summed E-state index contributed by atoms with van der Waals surface area (Å²) >= 11 is 0. The highest BCUT2D eigenvalue weighted by atomic mass is 19.1. The summed E-state index contributed by atoms with van der Waals surface area (Å²) in [6.45, 7) is 0. The van der Waals surface area contributed by atoms with Crippen LogP contribution in [0.3, 0.4) is 0 Å². The van der Waals surface area contributed by atoms with Gasteiger partial charge in [-0.05, 0) is 48.5 Å². The molecule has 0 aliphatic heterocycles. The Morgan fingerprint density at radius 2 is 1.72 bits per heavy atom. The standard InChI is InChI=1S/C27H17FN6O2/c28-17-11-9-16(10-12-17)23-13-19(18-5-1-2-6-21(18)32-23)27(36)33-22-7-3-4-8-24(22)34-25-20(14-31-34)26(35)30-15-29-25/h1-15H,(H,33,36)(H,29,30,35). The molecular formula is C27H17FN6O2. The van der Waals surface area contributed by atoms with Crippen LogP contribution >= 0.6 is 0 Å². The molecule has 3 heterocycles. The van der Waals surface area contributed by atoms with Gasteiger partial charge in [-0.3, -0.25) is 9.59 Å². The van der Waals surface area contributed by atoms with Crippen LogP contribution in [0, 0.1) is 5.82 Å². The van der Waals surface area contributed by atoms with Crippen molar-refractivity contribution in [2.75, 3.05) is 5.32 Å². The van der Waals surface area contributed by atoms with Crippen molar-refractivity contribution in [2.45, 2.75) is 0 Å². The van der Waals surface area contributed by atoms with E-state index in [1.807, 2.05) is 24.3 Å². The SMILES string of the molecule is O=C(Nc1ccccc1-n1ncc2c(=O)[nH]cnc21)c1cc(-c2ccc(F)cc2)nc2ccccc12. The Labute approximate surface area is 203 Å². The molecule has 174 valence electrons. The molecule has 0 bridgehead atoms. The van der Waals surface area contributed by atoms with Crippen LogP contribution in [0.1, 0.15) is 10.4 Å². The number of H-pyrrole nitrogens is 1. The van der Waals surface area contributed by atoms with E-state index in [4.69, 9.17) is 0 Å². The average molecular weight is 476 g/mol.